The second-order valence-electron chi connectivity index (χ2n) is 8.71. The number of hydrogen-bond acceptors (Lipinski definition) is 4. The molecule has 0 fully saturated rings. The summed E-state index contributed by atoms with van der Waals surface area (Å²) in [6, 6.07) is 0. The molecule has 0 aliphatic carbocycles. The number of hydrogen-bond donors (Lipinski definition) is 1. The van der Waals surface area contributed by atoms with Crippen LogP contribution in [0.25, 0.3) is 0 Å². The summed E-state index contributed by atoms with van der Waals surface area (Å²) in [5.41, 5.74) is 0.595. The normalized spacial score (nSPS) is 12.5. The third kappa shape index (κ3) is 7.98. The van der Waals surface area contributed by atoms with Gasteiger partial charge in [0.25, 0.3) is 0 Å². The summed E-state index contributed by atoms with van der Waals surface area (Å²) < 4.78 is 5.80. The molecule has 1 N–H and O–H groups in total. The van der Waals surface area contributed by atoms with Crippen LogP contribution < -0.4 is 5.63 Å². The van der Waals surface area contributed by atoms with Crippen LogP contribution in [0.1, 0.15) is 122 Å². The van der Waals surface area contributed by atoms with Gasteiger partial charge in [-0.05, 0) is 44.4 Å². The van der Waals surface area contributed by atoms with Gasteiger partial charge in [-0.2, -0.15) is 0 Å². The summed E-state index contributed by atoms with van der Waals surface area (Å²) in [5.74, 6) is 0.668. The zero-order chi connectivity index (χ0) is 21.8. The highest BCUT2D eigenvalue weighted by molar-refractivity contribution is 5.85. The fraction of sp³-hybridized carbons (Fsp3) is 0.760. The van der Waals surface area contributed by atoms with E-state index < -0.39 is 11.5 Å². The Bertz CT molecular complexity index is 672. The number of ketones is 1. The maximum absolute atomic E-state index is 13.0. The first kappa shape index (κ1) is 25.5. The van der Waals surface area contributed by atoms with Crippen molar-refractivity contribution in [3.8, 4) is 5.75 Å². The minimum Gasteiger partial charge on any atom is -0.507 e. The minimum atomic E-state index is -0.471. The number of rotatable bonds is 15. The van der Waals surface area contributed by atoms with Crippen molar-refractivity contribution in [1.82, 2.24) is 0 Å². The van der Waals surface area contributed by atoms with Gasteiger partial charge in [0, 0.05) is 12.0 Å². The molecule has 0 bridgehead atoms. The highest BCUT2D eigenvalue weighted by Gasteiger charge is 2.29. The summed E-state index contributed by atoms with van der Waals surface area (Å²) in [7, 11) is 0. The third-order valence-electron chi connectivity index (χ3n) is 5.65. The van der Waals surface area contributed by atoms with Gasteiger partial charge in [0.1, 0.15) is 17.3 Å². The number of carbonyl (C=O) groups excluding carboxylic acids is 1. The van der Waals surface area contributed by atoms with Crippen molar-refractivity contribution in [1.29, 1.82) is 0 Å². The largest absolute Gasteiger partial charge is 0.507 e. The van der Waals surface area contributed by atoms with Gasteiger partial charge in [0.2, 0.25) is 0 Å². The molecule has 1 atom stereocenters. The Morgan fingerprint density at radius 2 is 1.55 bits per heavy atom. The molecule has 0 unspecified atom stereocenters. The molecule has 4 nitrogen and oxygen atoms in total. The second kappa shape index (κ2) is 13.6. The lowest BCUT2D eigenvalue weighted by Gasteiger charge is -2.20. The predicted molar refractivity (Wildman–Crippen MR) is 120 cm³/mol. The van der Waals surface area contributed by atoms with Crippen LogP contribution in [-0.2, 0) is 17.6 Å². The molecule has 1 rings (SSSR count). The molecule has 0 amide bonds. The van der Waals surface area contributed by atoms with Gasteiger partial charge in [-0.25, -0.2) is 4.79 Å². The average Bonchev–Trinajstić information content (AvgIpc) is 2.67. The topological polar surface area (TPSA) is 67.5 Å². The van der Waals surface area contributed by atoms with Gasteiger partial charge in [-0.3, -0.25) is 4.79 Å². The van der Waals surface area contributed by atoms with Gasteiger partial charge in [0.05, 0.1) is 11.5 Å². The van der Waals surface area contributed by atoms with Gasteiger partial charge < -0.3 is 9.52 Å². The lowest BCUT2D eigenvalue weighted by Crippen LogP contribution is -2.20. The zero-order valence-electron chi connectivity index (χ0n) is 19.3. The Morgan fingerprint density at radius 1 is 0.897 bits per heavy atom. The summed E-state index contributed by atoms with van der Waals surface area (Å²) >= 11 is 0. The molecule has 0 saturated carbocycles. The van der Waals surface area contributed by atoms with Gasteiger partial charge >= 0.3 is 5.63 Å². The smallest absolute Gasteiger partial charge is 0.342 e. The fourth-order valence-electron chi connectivity index (χ4n) is 3.72. The first-order valence-corrected chi connectivity index (χ1v) is 11.8. The standard InChI is InChI=1S/C25H42O4/c1-6-9-12-15-22(26)19(13-10-7-2)24-20(14-11-8-3)23(27)21(25(28)29-24)17-16-18(4)5/h18-19,27H,6-17H2,1-5H3/t19-/m1/s1. The fourth-order valence-corrected chi connectivity index (χ4v) is 3.72. The maximum Gasteiger partial charge on any atom is 0.342 e. The summed E-state index contributed by atoms with van der Waals surface area (Å²) in [6.07, 6.45) is 9.85. The van der Waals surface area contributed by atoms with Crippen molar-refractivity contribution in [3.05, 3.63) is 27.3 Å². The van der Waals surface area contributed by atoms with Crippen LogP contribution in [0, 0.1) is 5.92 Å². The highest BCUT2D eigenvalue weighted by atomic mass is 16.4. The summed E-state index contributed by atoms with van der Waals surface area (Å²) in [6.45, 7) is 10.5. The quantitative estimate of drug-likeness (QED) is 0.329. The van der Waals surface area contributed by atoms with Gasteiger partial charge in [-0.1, -0.05) is 66.7 Å². The Morgan fingerprint density at radius 3 is 2.14 bits per heavy atom. The highest BCUT2D eigenvalue weighted by Crippen LogP contribution is 2.34. The molecule has 4 heteroatoms. The van der Waals surface area contributed by atoms with Crippen LogP contribution in [0.15, 0.2) is 9.21 Å². The number of unbranched alkanes of at least 4 members (excludes halogenated alkanes) is 4. The van der Waals surface area contributed by atoms with E-state index in [1.54, 1.807) is 0 Å². The van der Waals surface area contributed by atoms with Gasteiger partial charge in [0.15, 0.2) is 0 Å². The molecule has 166 valence electrons. The lowest BCUT2D eigenvalue weighted by atomic mass is 9.87. The zero-order valence-corrected chi connectivity index (χ0v) is 19.3. The Labute approximate surface area is 177 Å². The molecule has 1 heterocycles. The first-order chi connectivity index (χ1) is 13.9. The first-order valence-electron chi connectivity index (χ1n) is 11.8. The summed E-state index contributed by atoms with van der Waals surface area (Å²) in [5, 5.41) is 11.0. The van der Waals surface area contributed by atoms with E-state index in [1.165, 1.54) is 0 Å². The van der Waals surface area contributed by atoms with Crippen LogP contribution in [0.5, 0.6) is 5.75 Å². The van der Waals surface area contributed by atoms with Crippen molar-refractivity contribution in [2.45, 2.75) is 118 Å². The average molecular weight is 407 g/mol. The van der Waals surface area contributed by atoms with E-state index in [0.29, 0.717) is 48.5 Å². The molecule has 0 spiro atoms. The van der Waals surface area contributed by atoms with Crippen LogP contribution in [-0.4, -0.2) is 10.9 Å². The SMILES string of the molecule is CCCCCC(=O)[C@@H](CCCC)c1oc(=O)c(CCC(C)C)c(O)c1CCCC. The molecule has 1 aromatic heterocycles. The van der Waals surface area contributed by atoms with Crippen molar-refractivity contribution in [2.24, 2.45) is 5.92 Å². The second-order valence-corrected chi connectivity index (χ2v) is 8.71. The van der Waals surface area contributed by atoms with E-state index in [2.05, 4.69) is 34.6 Å². The van der Waals surface area contributed by atoms with Crippen molar-refractivity contribution in [2.75, 3.05) is 0 Å². The molecular weight excluding hydrogens is 364 g/mol. The minimum absolute atomic E-state index is 0.0770. The van der Waals surface area contributed by atoms with E-state index in [0.717, 1.165) is 51.4 Å². The van der Waals surface area contributed by atoms with E-state index in [-0.39, 0.29) is 11.5 Å². The molecule has 0 aliphatic rings. The molecule has 0 aliphatic heterocycles. The Hall–Kier alpha value is -1.58. The number of Topliss-reactive ketones (excluding diaryl/α,β-unsaturated/α-hetero) is 1. The van der Waals surface area contributed by atoms with E-state index >= 15 is 0 Å². The molecular formula is C25H42O4. The van der Waals surface area contributed by atoms with Crippen LogP contribution in [0.2, 0.25) is 0 Å². The molecule has 0 aromatic carbocycles. The molecule has 1 aromatic rings. The lowest BCUT2D eigenvalue weighted by molar-refractivity contribution is -0.121. The third-order valence-corrected chi connectivity index (χ3v) is 5.65. The molecule has 0 radical (unpaired) electrons. The Balaban J connectivity index is 3.36. The number of carbonyl (C=O) groups is 1. The van der Waals surface area contributed by atoms with Crippen molar-refractivity contribution >= 4 is 5.78 Å². The van der Waals surface area contributed by atoms with E-state index in [9.17, 15) is 14.7 Å². The predicted octanol–water partition coefficient (Wildman–Crippen LogP) is 6.70. The Kier molecular flexibility index (Phi) is 11.9. The maximum atomic E-state index is 13.0. The van der Waals surface area contributed by atoms with E-state index in [1.807, 2.05) is 0 Å². The van der Waals surface area contributed by atoms with Crippen LogP contribution in [0.3, 0.4) is 0 Å². The number of aromatic hydroxyl groups is 1. The van der Waals surface area contributed by atoms with Crippen molar-refractivity contribution in [3.63, 3.8) is 0 Å². The monoisotopic (exact) mass is 406 g/mol. The van der Waals surface area contributed by atoms with Crippen LogP contribution in [0.4, 0.5) is 0 Å². The van der Waals surface area contributed by atoms with E-state index in [4.69, 9.17) is 4.42 Å². The molecule has 0 saturated heterocycles. The van der Waals surface area contributed by atoms with Crippen molar-refractivity contribution < 1.29 is 14.3 Å². The molecule has 29 heavy (non-hydrogen) atoms. The van der Waals surface area contributed by atoms with Gasteiger partial charge in [-0.15, -0.1) is 0 Å². The van der Waals surface area contributed by atoms with Crippen LogP contribution >= 0.6 is 0 Å². The summed E-state index contributed by atoms with van der Waals surface area (Å²) in [4.78, 5) is 25.8.